The maximum Gasteiger partial charge on any atom is 0.352 e. The maximum atomic E-state index is 12.9. The number of fused-ring (bicyclic) bond motifs is 1. The molecular formula is C16H18ClN9O5S3. The van der Waals surface area contributed by atoms with Crippen molar-refractivity contribution in [1.82, 2.24) is 35.4 Å². The van der Waals surface area contributed by atoms with Crippen molar-refractivity contribution in [2.45, 2.75) is 16.6 Å². The smallest absolute Gasteiger partial charge is 0.352 e. The lowest BCUT2D eigenvalue weighted by Gasteiger charge is -2.49. The molecule has 1 saturated heterocycles. The molecule has 2 aliphatic rings. The number of carboxylic acid groups (broad SMARTS) is 1. The number of amides is 2. The van der Waals surface area contributed by atoms with Crippen molar-refractivity contribution < 1.29 is 24.3 Å². The summed E-state index contributed by atoms with van der Waals surface area (Å²) in [5.74, 6) is -1.77. The number of thioether (sulfide) groups is 2. The van der Waals surface area contributed by atoms with Crippen LogP contribution in [0, 0.1) is 0 Å². The van der Waals surface area contributed by atoms with Crippen molar-refractivity contribution in [2.75, 3.05) is 24.3 Å². The zero-order valence-corrected chi connectivity index (χ0v) is 20.8. The number of aromatic nitrogens is 5. The lowest BCUT2D eigenvalue weighted by atomic mass is 10.0. The predicted octanol–water partition coefficient (Wildman–Crippen LogP) is -0.448. The Morgan fingerprint density at radius 2 is 2.24 bits per heavy atom. The quantitative estimate of drug-likeness (QED) is 0.167. The number of anilines is 1. The second kappa shape index (κ2) is 10.6. The number of tetrazole rings is 1. The molecule has 18 heteroatoms. The number of carbonyl (C=O) groups excluding carboxylic acids is 2. The van der Waals surface area contributed by atoms with E-state index in [-0.39, 0.29) is 34.6 Å². The molecule has 182 valence electrons. The molecule has 34 heavy (non-hydrogen) atoms. The molecule has 4 rings (SSSR count). The Balaban J connectivity index is 0.00000324. The van der Waals surface area contributed by atoms with E-state index in [9.17, 15) is 19.5 Å². The van der Waals surface area contributed by atoms with Gasteiger partial charge in [-0.2, -0.15) is 0 Å². The number of hydrogen-bond donors (Lipinski definition) is 3. The molecule has 0 radical (unpaired) electrons. The number of hydrogen-bond acceptors (Lipinski definition) is 13. The summed E-state index contributed by atoms with van der Waals surface area (Å²) < 4.78 is 1.47. The molecule has 2 aliphatic heterocycles. The molecule has 2 amide bonds. The average Bonchev–Trinajstić information content (AvgIpc) is 3.40. The SMILES string of the molecule is CO/N=C(/C(=O)N[C@@H]1C(=O)N2C(C(=O)O)=C(CSc3nnnn3C)CS[C@H]12)c1csc(N)n1.Cl. The van der Waals surface area contributed by atoms with Gasteiger partial charge in [0.05, 0.1) is 0 Å². The second-order valence-corrected chi connectivity index (χ2v) is 9.62. The van der Waals surface area contributed by atoms with Gasteiger partial charge in [-0.25, -0.2) is 14.5 Å². The fourth-order valence-corrected chi connectivity index (χ4v) is 6.07. The number of oxime groups is 1. The summed E-state index contributed by atoms with van der Waals surface area (Å²) in [5, 5.41) is 29.0. The molecule has 0 aromatic carbocycles. The molecule has 4 N–H and O–H groups in total. The van der Waals surface area contributed by atoms with Gasteiger partial charge in [0.1, 0.15) is 29.9 Å². The number of rotatable bonds is 8. The Kier molecular flexibility index (Phi) is 8.01. The minimum absolute atomic E-state index is 0. The number of nitrogens with two attached hydrogens (primary N) is 1. The van der Waals surface area contributed by atoms with Gasteiger partial charge in [-0.15, -0.1) is 40.6 Å². The molecule has 14 nitrogen and oxygen atoms in total. The van der Waals surface area contributed by atoms with Crippen LogP contribution >= 0.6 is 47.3 Å². The van der Waals surface area contributed by atoms with Crippen molar-refractivity contribution >= 4 is 75.9 Å². The first-order valence-corrected chi connectivity index (χ1v) is 12.1. The number of aryl methyl sites for hydroxylation is 1. The Hall–Kier alpha value is -2.89. The van der Waals surface area contributed by atoms with Crippen molar-refractivity contribution in [3.63, 3.8) is 0 Å². The summed E-state index contributed by atoms with van der Waals surface area (Å²) in [6.45, 7) is 0. The molecule has 0 spiro atoms. The van der Waals surface area contributed by atoms with Crippen LogP contribution in [0.5, 0.6) is 0 Å². The van der Waals surface area contributed by atoms with E-state index in [0.717, 1.165) is 11.3 Å². The van der Waals surface area contributed by atoms with Crippen LogP contribution in [-0.4, -0.2) is 88.7 Å². The Morgan fingerprint density at radius 3 is 2.82 bits per heavy atom. The molecule has 2 atom stereocenters. The van der Waals surface area contributed by atoms with Crippen molar-refractivity contribution in [2.24, 2.45) is 12.2 Å². The number of nitrogen functional groups attached to an aromatic ring is 1. The van der Waals surface area contributed by atoms with Crippen LogP contribution in [0.3, 0.4) is 0 Å². The minimum atomic E-state index is -1.22. The zero-order valence-electron chi connectivity index (χ0n) is 17.6. The number of nitrogens with zero attached hydrogens (tertiary/aromatic N) is 7. The molecule has 0 aliphatic carbocycles. The van der Waals surface area contributed by atoms with Gasteiger partial charge in [-0.3, -0.25) is 14.5 Å². The number of β-lactam (4-membered cyclic amide) rings is 1. The largest absolute Gasteiger partial charge is 0.477 e. The number of aliphatic carboxylic acids is 1. The molecule has 4 heterocycles. The van der Waals surface area contributed by atoms with Crippen LogP contribution in [-0.2, 0) is 26.3 Å². The van der Waals surface area contributed by atoms with E-state index in [1.165, 1.54) is 40.2 Å². The van der Waals surface area contributed by atoms with E-state index in [4.69, 9.17) is 10.6 Å². The van der Waals surface area contributed by atoms with Gasteiger partial charge in [0.15, 0.2) is 10.8 Å². The van der Waals surface area contributed by atoms with Gasteiger partial charge >= 0.3 is 5.97 Å². The topological polar surface area (TPSA) is 191 Å². The maximum absolute atomic E-state index is 12.9. The molecule has 2 aromatic heterocycles. The number of carboxylic acids is 1. The average molecular weight is 548 g/mol. The minimum Gasteiger partial charge on any atom is -0.477 e. The predicted molar refractivity (Wildman–Crippen MR) is 127 cm³/mol. The van der Waals surface area contributed by atoms with E-state index >= 15 is 0 Å². The van der Waals surface area contributed by atoms with E-state index < -0.39 is 29.2 Å². The molecule has 1 fully saturated rings. The van der Waals surface area contributed by atoms with Crippen molar-refractivity contribution in [3.05, 3.63) is 22.3 Å². The normalized spacial score (nSPS) is 19.8. The third-order valence-corrected chi connectivity index (χ3v) is 7.77. The molecule has 0 bridgehead atoms. The second-order valence-electron chi connectivity index (χ2n) is 6.69. The Bertz CT molecular complexity index is 1180. The van der Waals surface area contributed by atoms with Crippen LogP contribution in [0.25, 0.3) is 0 Å². The van der Waals surface area contributed by atoms with Crippen LogP contribution in [0.1, 0.15) is 5.69 Å². The first kappa shape index (κ1) is 25.7. The number of thiazole rings is 1. The van der Waals surface area contributed by atoms with E-state index in [2.05, 4.69) is 31.0 Å². The lowest BCUT2D eigenvalue weighted by Crippen LogP contribution is -2.71. The van der Waals surface area contributed by atoms with Gasteiger partial charge in [-0.05, 0) is 16.0 Å². The fraction of sp³-hybridized carbons (Fsp3) is 0.375. The molecule has 0 unspecified atom stereocenters. The highest BCUT2D eigenvalue weighted by Crippen LogP contribution is 2.41. The zero-order chi connectivity index (χ0) is 23.7. The van der Waals surface area contributed by atoms with Gasteiger partial charge < -0.3 is 21.0 Å². The first-order chi connectivity index (χ1) is 15.8. The summed E-state index contributed by atoms with van der Waals surface area (Å²) >= 11 is 3.75. The van der Waals surface area contributed by atoms with Gasteiger partial charge in [-0.1, -0.05) is 16.9 Å². The molecular weight excluding hydrogens is 530 g/mol. The standard InChI is InChI=1S/C16H17N9O5S3.ClH/c1-24-16(20-22-23-24)33-4-6-3-31-13-9(12(27)25(13)10(6)14(28)29)19-11(26)8(21-30-2)7-5-32-15(17)18-7;/h5,9,13H,3-4H2,1-2H3,(H2,17,18)(H,19,26)(H,28,29);1H/b21-8+;/t9-,13-;/m1./s1. The molecule has 0 saturated carbocycles. The van der Waals surface area contributed by atoms with Crippen LogP contribution < -0.4 is 11.1 Å². The molecule has 2 aromatic rings. The van der Waals surface area contributed by atoms with Crippen LogP contribution in [0.2, 0.25) is 0 Å². The Labute approximate surface area is 210 Å². The summed E-state index contributed by atoms with van der Waals surface area (Å²) in [4.78, 5) is 47.6. The number of halogens is 1. The summed E-state index contributed by atoms with van der Waals surface area (Å²) in [5.41, 5.74) is 6.17. The highest BCUT2D eigenvalue weighted by atomic mass is 35.5. The summed E-state index contributed by atoms with van der Waals surface area (Å²) in [6, 6.07) is -0.924. The van der Waals surface area contributed by atoms with Crippen LogP contribution in [0.15, 0.2) is 27.0 Å². The van der Waals surface area contributed by atoms with Gasteiger partial charge in [0, 0.05) is 23.9 Å². The van der Waals surface area contributed by atoms with E-state index in [0.29, 0.717) is 22.2 Å². The van der Waals surface area contributed by atoms with Crippen LogP contribution in [0.4, 0.5) is 5.13 Å². The third-order valence-electron chi connectivity index (χ3n) is 4.66. The summed E-state index contributed by atoms with van der Waals surface area (Å²) in [6.07, 6.45) is 0. The van der Waals surface area contributed by atoms with Crippen molar-refractivity contribution in [1.29, 1.82) is 0 Å². The third kappa shape index (κ3) is 4.82. The van der Waals surface area contributed by atoms with Crippen molar-refractivity contribution in [3.8, 4) is 0 Å². The van der Waals surface area contributed by atoms with Gasteiger partial charge in [0.25, 0.3) is 11.8 Å². The monoisotopic (exact) mass is 547 g/mol. The number of carbonyl (C=O) groups is 3. The highest BCUT2D eigenvalue weighted by molar-refractivity contribution is 8.01. The van der Waals surface area contributed by atoms with E-state index in [1.807, 2.05) is 0 Å². The van der Waals surface area contributed by atoms with E-state index in [1.54, 1.807) is 12.4 Å². The lowest BCUT2D eigenvalue weighted by molar-refractivity contribution is -0.150. The van der Waals surface area contributed by atoms with Gasteiger partial charge in [0.2, 0.25) is 5.16 Å². The summed E-state index contributed by atoms with van der Waals surface area (Å²) in [7, 11) is 2.95. The Morgan fingerprint density at radius 1 is 1.47 bits per heavy atom. The first-order valence-electron chi connectivity index (χ1n) is 9.20. The highest BCUT2D eigenvalue weighted by Gasteiger charge is 2.54. The fourth-order valence-electron chi connectivity index (χ4n) is 3.19. The number of nitrogens with one attached hydrogen (secondary N) is 1.